The van der Waals surface area contributed by atoms with Crippen LogP contribution in [0.1, 0.15) is 0 Å². The Morgan fingerprint density at radius 2 is 0.623 bits per heavy atom. The molecule has 0 amide bonds. The molecule has 2 aromatic heterocycles. The molecule has 0 aliphatic carbocycles. The highest BCUT2D eigenvalue weighted by Crippen LogP contribution is 2.41. The molecule has 286 valence electrons. The van der Waals surface area contributed by atoms with Gasteiger partial charge in [0, 0.05) is 26.6 Å². The van der Waals surface area contributed by atoms with Crippen LogP contribution in [0.5, 0.6) is 0 Å². The van der Waals surface area contributed by atoms with Crippen molar-refractivity contribution in [3.05, 3.63) is 231 Å². The van der Waals surface area contributed by atoms with Crippen LogP contribution in [0.4, 0.5) is 0 Å². The van der Waals surface area contributed by atoms with Gasteiger partial charge in [0.1, 0.15) is 4.83 Å². The molecule has 11 aromatic rings. The Labute approximate surface area is 359 Å². The van der Waals surface area contributed by atoms with Crippen molar-refractivity contribution in [3.8, 4) is 89.4 Å². The molecule has 0 aliphatic heterocycles. The normalized spacial score (nSPS) is 11.3. The maximum absolute atomic E-state index is 5.39. The standard InChI is InChI=1S/C58H38N2S/c1-4-15-39(16-5-1)42-29-31-43(32-30-42)51-36-50(41-19-8-3-9-20-41)37-52(38-51)47-24-12-22-45(33-47)46-23-14-26-49(35-46)57-59-56(55-53-27-10-11-28-54(53)61-58(55)60-57)48-25-13-21-44(34-48)40-17-6-2-7-18-40/h1-38H. The molecule has 0 fully saturated rings. The lowest BCUT2D eigenvalue weighted by molar-refractivity contribution is 1.24. The molecule has 0 saturated heterocycles. The van der Waals surface area contributed by atoms with E-state index in [1.54, 1.807) is 11.3 Å². The van der Waals surface area contributed by atoms with E-state index in [0.29, 0.717) is 0 Å². The zero-order chi connectivity index (χ0) is 40.5. The fourth-order valence-corrected chi connectivity index (χ4v) is 9.47. The summed E-state index contributed by atoms with van der Waals surface area (Å²) >= 11 is 1.73. The first-order valence-corrected chi connectivity index (χ1v) is 21.4. The molecular formula is C58H38N2S. The van der Waals surface area contributed by atoms with Gasteiger partial charge in [-0.05, 0) is 109 Å². The summed E-state index contributed by atoms with van der Waals surface area (Å²) in [5.41, 5.74) is 17.1. The van der Waals surface area contributed by atoms with Gasteiger partial charge in [0.25, 0.3) is 0 Å². The van der Waals surface area contributed by atoms with Crippen molar-refractivity contribution in [1.29, 1.82) is 0 Å². The lowest BCUT2D eigenvalue weighted by Gasteiger charge is -2.13. The Kier molecular flexibility index (Phi) is 9.42. The first kappa shape index (κ1) is 36.4. The monoisotopic (exact) mass is 794 g/mol. The second kappa shape index (κ2) is 15.8. The minimum Gasteiger partial charge on any atom is -0.227 e. The summed E-state index contributed by atoms with van der Waals surface area (Å²) in [4.78, 5) is 11.6. The molecule has 0 saturated carbocycles. The molecule has 61 heavy (non-hydrogen) atoms. The van der Waals surface area contributed by atoms with E-state index >= 15 is 0 Å². The van der Waals surface area contributed by atoms with E-state index < -0.39 is 0 Å². The van der Waals surface area contributed by atoms with Gasteiger partial charge in [-0.25, -0.2) is 9.97 Å². The van der Waals surface area contributed by atoms with Gasteiger partial charge in [0.05, 0.1) is 5.69 Å². The van der Waals surface area contributed by atoms with E-state index in [9.17, 15) is 0 Å². The third-order valence-corrected chi connectivity index (χ3v) is 12.6. The van der Waals surface area contributed by atoms with Gasteiger partial charge in [-0.3, -0.25) is 0 Å². The minimum absolute atomic E-state index is 0.718. The fraction of sp³-hybridized carbons (Fsp3) is 0. The molecular weight excluding hydrogens is 757 g/mol. The van der Waals surface area contributed by atoms with E-state index in [0.717, 1.165) is 55.1 Å². The van der Waals surface area contributed by atoms with Crippen molar-refractivity contribution in [2.75, 3.05) is 0 Å². The summed E-state index contributed by atoms with van der Waals surface area (Å²) in [6.45, 7) is 0. The number of hydrogen-bond donors (Lipinski definition) is 0. The quantitative estimate of drug-likeness (QED) is 0.153. The van der Waals surface area contributed by atoms with Crippen LogP contribution in [0.15, 0.2) is 231 Å². The van der Waals surface area contributed by atoms with Crippen LogP contribution in [0.3, 0.4) is 0 Å². The zero-order valence-corrected chi connectivity index (χ0v) is 34.1. The predicted octanol–water partition coefficient (Wildman–Crippen LogP) is 16.2. The van der Waals surface area contributed by atoms with Crippen molar-refractivity contribution in [3.63, 3.8) is 0 Å². The highest BCUT2D eigenvalue weighted by Gasteiger charge is 2.18. The van der Waals surface area contributed by atoms with Crippen molar-refractivity contribution >= 4 is 31.6 Å². The summed E-state index contributed by atoms with van der Waals surface area (Å²) in [5, 5.41) is 2.28. The minimum atomic E-state index is 0.718. The molecule has 0 bridgehead atoms. The molecule has 0 atom stereocenters. The third kappa shape index (κ3) is 7.22. The zero-order valence-electron chi connectivity index (χ0n) is 33.2. The van der Waals surface area contributed by atoms with E-state index in [2.05, 4.69) is 231 Å². The van der Waals surface area contributed by atoms with Gasteiger partial charge in [-0.2, -0.15) is 0 Å². The molecule has 9 aromatic carbocycles. The van der Waals surface area contributed by atoms with E-state index in [4.69, 9.17) is 9.97 Å². The number of benzene rings is 9. The number of thiophene rings is 1. The molecule has 0 radical (unpaired) electrons. The van der Waals surface area contributed by atoms with Gasteiger partial charge >= 0.3 is 0 Å². The molecule has 11 rings (SSSR count). The van der Waals surface area contributed by atoms with Gasteiger partial charge in [0.15, 0.2) is 5.82 Å². The maximum Gasteiger partial charge on any atom is 0.161 e. The third-order valence-electron chi connectivity index (χ3n) is 11.5. The number of hydrogen-bond acceptors (Lipinski definition) is 3. The number of rotatable bonds is 8. The van der Waals surface area contributed by atoms with Gasteiger partial charge in [-0.1, -0.05) is 188 Å². The van der Waals surface area contributed by atoms with Crippen molar-refractivity contribution in [2.24, 2.45) is 0 Å². The summed E-state index contributed by atoms with van der Waals surface area (Å²) in [6.07, 6.45) is 0. The number of fused-ring (bicyclic) bond motifs is 3. The Morgan fingerprint density at radius 3 is 1.23 bits per heavy atom. The fourth-order valence-electron chi connectivity index (χ4n) is 8.40. The van der Waals surface area contributed by atoms with Crippen molar-refractivity contribution in [1.82, 2.24) is 9.97 Å². The average molecular weight is 795 g/mol. The number of aromatic nitrogens is 2. The Hall–Kier alpha value is -7.72. The first-order chi connectivity index (χ1) is 30.2. The molecule has 0 spiro atoms. The van der Waals surface area contributed by atoms with Crippen LogP contribution in [-0.2, 0) is 0 Å². The Balaban J connectivity index is 0.990. The first-order valence-electron chi connectivity index (χ1n) is 20.6. The highest BCUT2D eigenvalue weighted by atomic mass is 32.1. The summed E-state index contributed by atoms with van der Waals surface area (Å²) < 4.78 is 1.21. The maximum atomic E-state index is 5.39. The molecule has 2 heterocycles. The smallest absolute Gasteiger partial charge is 0.161 e. The van der Waals surface area contributed by atoms with Crippen LogP contribution >= 0.6 is 11.3 Å². The molecule has 0 aliphatic rings. The van der Waals surface area contributed by atoms with Gasteiger partial charge in [0.2, 0.25) is 0 Å². The average Bonchev–Trinajstić information content (AvgIpc) is 3.73. The lowest BCUT2D eigenvalue weighted by atomic mass is 9.91. The van der Waals surface area contributed by atoms with Gasteiger partial charge in [-0.15, -0.1) is 11.3 Å². The Bertz CT molecular complexity index is 3330. The molecule has 3 heteroatoms. The van der Waals surface area contributed by atoms with Crippen molar-refractivity contribution < 1.29 is 0 Å². The topological polar surface area (TPSA) is 25.8 Å². The summed E-state index contributed by atoms with van der Waals surface area (Å²) in [5.74, 6) is 0.718. The highest BCUT2D eigenvalue weighted by molar-refractivity contribution is 7.25. The van der Waals surface area contributed by atoms with E-state index in [1.165, 1.54) is 54.6 Å². The van der Waals surface area contributed by atoms with Gasteiger partial charge < -0.3 is 0 Å². The van der Waals surface area contributed by atoms with Crippen LogP contribution < -0.4 is 0 Å². The summed E-state index contributed by atoms with van der Waals surface area (Å²) in [6, 6.07) is 82.5. The van der Waals surface area contributed by atoms with Crippen LogP contribution in [-0.4, -0.2) is 9.97 Å². The largest absolute Gasteiger partial charge is 0.227 e. The SMILES string of the molecule is c1ccc(-c2ccc(-c3cc(-c4ccccc4)cc(-c4cccc(-c5cccc(-c6nc(-c7cccc(-c8ccccc8)c7)c7c(n6)sc6ccccc67)c5)c4)c3)cc2)cc1. The number of nitrogens with zero attached hydrogens (tertiary/aromatic N) is 2. The van der Waals surface area contributed by atoms with Crippen molar-refractivity contribution in [2.45, 2.75) is 0 Å². The second-order valence-electron chi connectivity index (χ2n) is 15.4. The summed E-state index contributed by atoms with van der Waals surface area (Å²) in [7, 11) is 0. The Morgan fingerprint density at radius 1 is 0.262 bits per heavy atom. The van der Waals surface area contributed by atoms with Crippen LogP contribution in [0, 0.1) is 0 Å². The van der Waals surface area contributed by atoms with Crippen LogP contribution in [0.25, 0.3) is 110 Å². The van der Waals surface area contributed by atoms with E-state index in [-0.39, 0.29) is 0 Å². The second-order valence-corrected chi connectivity index (χ2v) is 16.4. The predicted molar refractivity (Wildman–Crippen MR) is 258 cm³/mol. The molecule has 0 unspecified atom stereocenters. The molecule has 0 N–H and O–H groups in total. The molecule has 2 nitrogen and oxygen atoms in total. The van der Waals surface area contributed by atoms with Crippen LogP contribution in [0.2, 0.25) is 0 Å². The van der Waals surface area contributed by atoms with E-state index in [1.807, 2.05) is 0 Å². The lowest BCUT2D eigenvalue weighted by Crippen LogP contribution is -1.94.